The van der Waals surface area contributed by atoms with Crippen molar-refractivity contribution in [2.75, 3.05) is 33.7 Å². The summed E-state index contributed by atoms with van der Waals surface area (Å²) in [6.07, 6.45) is 1.40. The Balaban J connectivity index is 1.47. The first kappa shape index (κ1) is 23.4. The number of benzene rings is 2. The van der Waals surface area contributed by atoms with Gasteiger partial charge in [-0.1, -0.05) is 0 Å². The first-order valence-electron chi connectivity index (χ1n) is 9.96. The van der Waals surface area contributed by atoms with Gasteiger partial charge in [-0.15, -0.1) is 0 Å². The summed E-state index contributed by atoms with van der Waals surface area (Å²) in [5.74, 6) is 0.345. The number of hydrogen-bond acceptors (Lipinski definition) is 9. The number of amides is 2. The molecule has 0 atom stereocenters. The average molecular weight is 457 g/mol. The summed E-state index contributed by atoms with van der Waals surface area (Å²) in [6, 6.07) is 9.64. The van der Waals surface area contributed by atoms with Crippen LogP contribution in [0.15, 0.2) is 41.5 Å². The molecule has 11 heteroatoms. The molecule has 0 spiro atoms. The molecule has 2 N–H and O–H groups in total. The van der Waals surface area contributed by atoms with Crippen LogP contribution in [0.1, 0.15) is 22.8 Å². The van der Waals surface area contributed by atoms with Gasteiger partial charge in [-0.05, 0) is 48.9 Å². The lowest BCUT2D eigenvalue weighted by molar-refractivity contribution is -0.145. The molecule has 0 radical (unpaired) electrons. The first-order chi connectivity index (χ1) is 16.0. The minimum absolute atomic E-state index is 0.107. The summed E-state index contributed by atoms with van der Waals surface area (Å²) >= 11 is 0. The van der Waals surface area contributed by atoms with Gasteiger partial charge in [0.1, 0.15) is 0 Å². The third kappa shape index (κ3) is 6.60. The van der Waals surface area contributed by atoms with Gasteiger partial charge >= 0.3 is 5.97 Å². The Morgan fingerprint density at radius 2 is 1.91 bits per heavy atom. The molecule has 0 bridgehead atoms. The first-order valence-corrected chi connectivity index (χ1v) is 9.96. The molecule has 2 aromatic rings. The molecule has 0 fully saturated rings. The maximum atomic E-state index is 12.2. The summed E-state index contributed by atoms with van der Waals surface area (Å²) in [4.78, 5) is 35.6. The van der Waals surface area contributed by atoms with Crippen LogP contribution >= 0.6 is 0 Å². The lowest BCUT2D eigenvalue weighted by atomic mass is 10.2. The molecule has 0 saturated heterocycles. The van der Waals surface area contributed by atoms with E-state index in [0.717, 1.165) is 0 Å². The normalized spacial score (nSPS) is 11.7. The van der Waals surface area contributed by atoms with Gasteiger partial charge < -0.3 is 29.0 Å². The zero-order valence-electron chi connectivity index (χ0n) is 18.1. The number of carbonyl (C=O) groups excluding carboxylic acids is 3. The molecule has 2 amide bonds. The third-order valence-electron chi connectivity index (χ3n) is 4.29. The van der Waals surface area contributed by atoms with Crippen LogP contribution in [0.5, 0.6) is 23.0 Å². The quantitative estimate of drug-likeness (QED) is 0.309. The highest BCUT2D eigenvalue weighted by Crippen LogP contribution is 2.32. The highest BCUT2D eigenvalue weighted by molar-refractivity contribution is 5.97. The molecule has 1 heterocycles. The second-order valence-corrected chi connectivity index (χ2v) is 6.55. The van der Waals surface area contributed by atoms with Crippen LogP contribution in [0.2, 0.25) is 0 Å². The van der Waals surface area contributed by atoms with Crippen molar-refractivity contribution >= 4 is 24.0 Å². The monoisotopic (exact) mass is 457 g/mol. The number of rotatable bonds is 10. The van der Waals surface area contributed by atoms with Crippen LogP contribution in [-0.4, -0.2) is 57.7 Å². The molecule has 1 aliphatic heterocycles. The van der Waals surface area contributed by atoms with Crippen LogP contribution in [0.4, 0.5) is 0 Å². The molecule has 33 heavy (non-hydrogen) atoms. The van der Waals surface area contributed by atoms with Crippen molar-refractivity contribution in [2.45, 2.75) is 6.92 Å². The molecule has 0 aliphatic carbocycles. The van der Waals surface area contributed by atoms with Crippen molar-refractivity contribution in [3.63, 3.8) is 0 Å². The van der Waals surface area contributed by atoms with Gasteiger partial charge in [0.2, 0.25) is 6.79 Å². The van der Waals surface area contributed by atoms with Gasteiger partial charge in [-0.2, -0.15) is 5.10 Å². The van der Waals surface area contributed by atoms with Crippen LogP contribution in [0.3, 0.4) is 0 Å². The number of esters is 1. The van der Waals surface area contributed by atoms with E-state index in [0.29, 0.717) is 34.1 Å². The number of ether oxygens (including phenoxy) is 5. The van der Waals surface area contributed by atoms with Gasteiger partial charge in [0.15, 0.2) is 29.6 Å². The Morgan fingerprint density at radius 3 is 2.70 bits per heavy atom. The van der Waals surface area contributed by atoms with E-state index in [1.165, 1.54) is 13.3 Å². The van der Waals surface area contributed by atoms with Crippen molar-refractivity contribution < 1.29 is 38.1 Å². The second-order valence-electron chi connectivity index (χ2n) is 6.55. The number of hydrazone groups is 1. The van der Waals surface area contributed by atoms with Crippen molar-refractivity contribution in [2.24, 2.45) is 5.10 Å². The Labute approximate surface area is 189 Å². The highest BCUT2D eigenvalue weighted by Gasteiger charge is 2.16. The molecule has 2 aromatic carbocycles. The van der Waals surface area contributed by atoms with E-state index >= 15 is 0 Å². The van der Waals surface area contributed by atoms with E-state index in [9.17, 15) is 14.4 Å². The van der Waals surface area contributed by atoms with Crippen LogP contribution < -0.4 is 29.7 Å². The molecule has 1 aliphatic rings. The zero-order chi connectivity index (χ0) is 23.6. The Hall–Kier alpha value is -4.28. The third-order valence-corrected chi connectivity index (χ3v) is 4.29. The molecular weight excluding hydrogens is 434 g/mol. The van der Waals surface area contributed by atoms with Gasteiger partial charge in [-0.3, -0.25) is 9.59 Å². The maximum Gasteiger partial charge on any atom is 0.344 e. The topological polar surface area (TPSA) is 134 Å². The largest absolute Gasteiger partial charge is 0.493 e. The summed E-state index contributed by atoms with van der Waals surface area (Å²) in [6.45, 7) is 1.57. The molecule has 0 saturated carbocycles. The summed E-state index contributed by atoms with van der Waals surface area (Å²) in [5, 5.41) is 6.36. The van der Waals surface area contributed by atoms with Crippen molar-refractivity contribution in [3.8, 4) is 23.0 Å². The summed E-state index contributed by atoms with van der Waals surface area (Å²) in [7, 11) is 1.46. The van der Waals surface area contributed by atoms with E-state index in [-0.39, 0.29) is 26.6 Å². The maximum absolute atomic E-state index is 12.2. The lowest BCUT2D eigenvalue weighted by Gasteiger charge is -2.10. The molecule has 0 aromatic heterocycles. The number of methoxy groups -OCH3 is 1. The number of fused-ring (bicyclic) bond motifs is 1. The Morgan fingerprint density at radius 1 is 1.09 bits per heavy atom. The zero-order valence-corrected chi connectivity index (χ0v) is 18.1. The van der Waals surface area contributed by atoms with Crippen LogP contribution in [0.25, 0.3) is 0 Å². The van der Waals surface area contributed by atoms with Crippen molar-refractivity contribution in [1.82, 2.24) is 10.7 Å². The molecule has 3 rings (SSSR count). The van der Waals surface area contributed by atoms with E-state index < -0.39 is 17.8 Å². The smallest absolute Gasteiger partial charge is 0.344 e. The Bertz CT molecular complexity index is 1050. The predicted molar refractivity (Wildman–Crippen MR) is 116 cm³/mol. The fourth-order valence-electron chi connectivity index (χ4n) is 2.74. The van der Waals surface area contributed by atoms with Crippen molar-refractivity contribution in [1.29, 1.82) is 0 Å². The average Bonchev–Trinajstić information content (AvgIpc) is 3.29. The van der Waals surface area contributed by atoms with E-state index in [2.05, 4.69) is 15.8 Å². The van der Waals surface area contributed by atoms with Gasteiger partial charge in [0.05, 0.1) is 26.5 Å². The SMILES string of the molecule is CCOC(=O)COc1ccc(/C=N\NC(=O)CNC(=O)c2ccc3c(c2)OCO3)cc1OC. The van der Waals surface area contributed by atoms with Gasteiger partial charge in [0.25, 0.3) is 11.8 Å². The Kier molecular flexibility index (Phi) is 8.06. The van der Waals surface area contributed by atoms with E-state index in [4.69, 9.17) is 23.7 Å². The second kappa shape index (κ2) is 11.4. The summed E-state index contributed by atoms with van der Waals surface area (Å²) < 4.78 is 25.9. The fourth-order valence-corrected chi connectivity index (χ4v) is 2.74. The molecule has 0 unspecified atom stereocenters. The van der Waals surface area contributed by atoms with E-state index in [1.54, 1.807) is 43.3 Å². The lowest BCUT2D eigenvalue weighted by Crippen LogP contribution is -2.34. The number of nitrogens with zero attached hydrogens (tertiary/aromatic N) is 1. The van der Waals surface area contributed by atoms with Gasteiger partial charge in [0, 0.05) is 5.56 Å². The minimum Gasteiger partial charge on any atom is -0.493 e. The number of hydrogen-bond donors (Lipinski definition) is 2. The van der Waals surface area contributed by atoms with Crippen LogP contribution in [0, 0.1) is 0 Å². The molecule has 11 nitrogen and oxygen atoms in total. The van der Waals surface area contributed by atoms with Crippen LogP contribution in [-0.2, 0) is 14.3 Å². The summed E-state index contributed by atoms with van der Waals surface area (Å²) in [5.41, 5.74) is 3.28. The molecular formula is C22H23N3O8. The minimum atomic E-state index is -0.512. The standard InChI is InChI=1S/C22H23N3O8/c1-3-30-21(27)12-31-16-6-4-14(8-18(16)29-2)10-24-25-20(26)11-23-22(28)15-5-7-17-19(9-15)33-13-32-17/h4-10H,3,11-13H2,1-2H3,(H,23,28)(H,25,26)/b24-10-. The fraction of sp³-hybridized carbons (Fsp3) is 0.273. The van der Waals surface area contributed by atoms with E-state index in [1.807, 2.05) is 0 Å². The molecule has 174 valence electrons. The number of nitrogens with one attached hydrogen (secondary N) is 2. The van der Waals surface area contributed by atoms with Gasteiger partial charge in [-0.25, -0.2) is 10.2 Å². The highest BCUT2D eigenvalue weighted by atomic mass is 16.7. The number of carbonyl (C=O) groups is 3. The van der Waals surface area contributed by atoms with Crippen molar-refractivity contribution in [3.05, 3.63) is 47.5 Å². The predicted octanol–water partition coefficient (Wildman–Crippen LogP) is 1.25.